The summed E-state index contributed by atoms with van der Waals surface area (Å²) in [5.74, 6) is -6.11. The molecule has 1 fully saturated rings. The molecule has 104 valence electrons. The molecule has 1 heterocycles. The number of nitrogens with one attached hydrogen (secondary N) is 1. The Hall–Kier alpha value is -1.76. The minimum atomic E-state index is -1.39. The lowest BCUT2D eigenvalue weighted by atomic mass is 9.99. The maximum atomic E-state index is 14.0. The van der Waals surface area contributed by atoms with Crippen LogP contribution in [0.4, 0.5) is 13.2 Å². The molecule has 0 aromatic heterocycles. The quantitative estimate of drug-likeness (QED) is 0.826. The van der Waals surface area contributed by atoms with Gasteiger partial charge < -0.3 is 15.2 Å². The highest BCUT2D eigenvalue weighted by molar-refractivity contribution is 5.70. The summed E-state index contributed by atoms with van der Waals surface area (Å²) in [5, 5.41) is 11.6. The molecule has 7 heteroatoms. The van der Waals surface area contributed by atoms with Crippen LogP contribution in [0.15, 0.2) is 6.07 Å². The number of halogens is 3. The molecule has 1 saturated heterocycles. The Morgan fingerprint density at radius 2 is 2.11 bits per heavy atom. The van der Waals surface area contributed by atoms with Gasteiger partial charge in [-0.25, -0.2) is 8.78 Å². The Kier molecular flexibility index (Phi) is 3.66. The molecule has 0 saturated carbocycles. The van der Waals surface area contributed by atoms with Gasteiger partial charge in [0.2, 0.25) is 5.82 Å². The van der Waals surface area contributed by atoms with Crippen LogP contribution in [0.3, 0.4) is 0 Å². The Morgan fingerprint density at radius 3 is 2.63 bits per heavy atom. The molecule has 0 spiro atoms. The first-order chi connectivity index (χ1) is 8.95. The summed E-state index contributed by atoms with van der Waals surface area (Å²) < 4.78 is 45.1. The number of hydrogen-bond acceptors (Lipinski definition) is 3. The highest BCUT2D eigenvalue weighted by Crippen LogP contribution is 2.35. The molecule has 0 amide bonds. The van der Waals surface area contributed by atoms with E-state index in [1.807, 2.05) is 0 Å². The van der Waals surface area contributed by atoms with Crippen molar-refractivity contribution >= 4 is 5.97 Å². The van der Waals surface area contributed by atoms with Crippen LogP contribution in [0, 0.1) is 23.4 Å². The van der Waals surface area contributed by atoms with Crippen molar-refractivity contribution in [1.82, 2.24) is 5.32 Å². The minimum absolute atomic E-state index is 0.112. The van der Waals surface area contributed by atoms with E-state index in [1.54, 1.807) is 0 Å². The zero-order valence-electron chi connectivity index (χ0n) is 10.0. The average molecular weight is 275 g/mol. The Morgan fingerprint density at radius 1 is 1.42 bits per heavy atom. The van der Waals surface area contributed by atoms with Gasteiger partial charge in [-0.2, -0.15) is 4.39 Å². The van der Waals surface area contributed by atoms with Gasteiger partial charge in [-0.15, -0.1) is 0 Å². The van der Waals surface area contributed by atoms with Crippen LogP contribution < -0.4 is 10.1 Å². The molecule has 1 aliphatic heterocycles. The van der Waals surface area contributed by atoms with Crippen molar-refractivity contribution in [2.24, 2.45) is 5.92 Å². The van der Waals surface area contributed by atoms with Crippen LogP contribution in [0.1, 0.15) is 18.0 Å². The van der Waals surface area contributed by atoms with Gasteiger partial charge in [0, 0.05) is 18.2 Å². The normalized spacial score (nSPS) is 22.5. The number of hydrogen-bond donors (Lipinski definition) is 2. The Labute approximate surface area is 107 Å². The van der Waals surface area contributed by atoms with Gasteiger partial charge in [-0.3, -0.25) is 4.79 Å². The first kappa shape index (κ1) is 13.7. The lowest BCUT2D eigenvalue weighted by molar-refractivity contribution is -0.141. The van der Waals surface area contributed by atoms with Crippen molar-refractivity contribution in [3.63, 3.8) is 0 Å². The van der Waals surface area contributed by atoms with Crippen LogP contribution in [-0.2, 0) is 4.79 Å². The summed E-state index contributed by atoms with van der Waals surface area (Å²) >= 11 is 0. The van der Waals surface area contributed by atoms with Crippen molar-refractivity contribution in [3.8, 4) is 5.75 Å². The van der Waals surface area contributed by atoms with Crippen LogP contribution in [0.5, 0.6) is 5.75 Å². The van der Waals surface area contributed by atoms with E-state index in [2.05, 4.69) is 10.1 Å². The number of rotatable bonds is 3. The SMILES string of the molecule is COc1c(F)c(F)cc(C2CC(C(=O)O)CN2)c1F. The molecule has 0 aliphatic carbocycles. The van der Waals surface area contributed by atoms with Crippen molar-refractivity contribution < 1.29 is 27.8 Å². The first-order valence-corrected chi connectivity index (χ1v) is 5.63. The number of carbonyl (C=O) groups is 1. The maximum absolute atomic E-state index is 14.0. The largest absolute Gasteiger partial charge is 0.491 e. The predicted molar refractivity (Wildman–Crippen MR) is 59.4 cm³/mol. The lowest BCUT2D eigenvalue weighted by Gasteiger charge is -2.15. The van der Waals surface area contributed by atoms with Gasteiger partial charge >= 0.3 is 5.97 Å². The second-order valence-electron chi connectivity index (χ2n) is 4.34. The van der Waals surface area contributed by atoms with Gasteiger partial charge in [0.1, 0.15) is 0 Å². The molecule has 19 heavy (non-hydrogen) atoms. The lowest BCUT2D eigenvalue weighted by Crippen LogP contribution is -2.18. The Balaban J connectivity index is 2.36. The molecule has 2 N–H and O–H groups in total. The molecule has 1 aliphatic rings. The third-order valence-corrected chi connectivity index (χ3v) is 3.20. The molecule has 0 radical (unpaired) electrons. The maximum Gasteiger partial charge on any atom is 0.307 e. The number of carboxylic acid groups (broad SMARTS) is 1. The predicted octanol–water partition coefficient (Wildman–Crippen LogP) is 1.85. The van der Waals surface area contributed by atoms with E-state index in [0.29, 0.717) is 0 Å². The van der Waals surface area contributed by atoms with E-state index in [1.165, 1.54) is 0 Å². The van der Waals surface area contributed by atoms with Crippen LogP contribution in [0.2, 0.25) is 0 Å². The summed E-state index contributed by atoms with van der Waals surface area (Å²) in [6.07, 6.45) is 0.112. The van der Waals surface area contributed by atoms with E-state index < -0.39 is 41.1 Å². The van der Waals surface area contributed by atoms with Crippen molar-refractivity contribution in [2.45, 2.75) is 12.5 Å². The fourth-order valence-corrected chi connectivity index (χ4v) is 2.19. The van der Waals surface area contributed by atoms with Crippen molar-refractivity contribution in [3.05, 3.63) is 29.1 Å². The van der Waals surface area contributed by atoms with Gasteiger partial charge in [-0.05, 0) is 12.5 Å². The number of ether oxygens (including phenoxy) is 1. The molecule has 4 nitrogen and oxygen atoms in total. The van der Waals surface area contributed by atoms with Gasteiger partial charge in [0.15, 0.2) is 17.4 Å². The van der Waals surface area contributed by atoms with Gasteiger partial charge in [0.05, 0.1) is 13.0 Å². The summed E-state index contributed by atoms with van der Waals surface area (Å²) in [6.45, 7) is 0.154. The molecule has 2 unspecified atom stereocenters. The van der Waals surface area contributed by atoms with Crippen LogP contribution in [-0.4, -0.2) is 24.7 Å². The minimum Gasteiger partial charge on any atom is -0.491 e. The zero-order chi connectivity index (χ0) is 14.2. The third-order valence-electron chi connectivity index (χ3n) is 3.20. The number of carboxylic acids is 1. The first-order valence-electron chi connectivity index (χ1n) is 5.63. The molecule has 0 bridgehead atoms. The molecule has 1 aromatic rings. The second-order valence-corrected chi connectivity index (χ2v) is 4.34. The molecular formula is C12H12F3NO3. The second kappa shape index (κ2) is 5.08. The summed E-state index contributed by atoms with van der Waals surface area (Å²) in [7, 11) is 1.03. The Bertz CT molecular complexity index is 521. The summed E-state index contributed by atoms with van der Waals surface area (Å²) in [5.41, 5.74) is -0.125. The summed E-state index contributed by atoms with van der Waals surface area (Å²) in [6, 6.07) is 0.0554. The number of methoxy groups -OCH3 is 1. The van der Waals surface area contributed by atoms with E-state index in [-0.39, 0.29) is 18.5 Å². The fraction of sp³-hybridized carbons (Fsp3) is 0.417. The molecule has 1 aromatic carbocycles. The smallest absolute Gasteiger partial charge is 0.307 e. The van der Waals surface area contributed by atoms with Crippen molar-refractivity contribution in [1.29, 1.82) is 0 Å². The molecular weight excluding hydrogens is 263 g/mol. The fourth-order valence-electron chi connectivity index (χ4n) is 2.19. The number of aliphatic carboxylic acids is 1. The molecule has 2 rings (SSSR count). The summed E-state index contributed by atoms with van der Waals surface area (Å²) in [4.78, 5) is 10.8. The van der Waals surface area contributed by atoms with E-state index in [4.69, 9.17) is 5.11 Å². The zero-order valence-corrected chi connectivity index (χ0v) is 10.0. The van der Waals surface area contributed by atoms with E-state index in [9.17, 15) is 18.0 Å². The topological polar surface area (TPSA) is 58.6 Å². The van der Waals surface area contributed by atoms with Crippen molar-refractivity contribution in [2.75, 3.05) is 13.7 Å². The van der Waals surface area contributed by atoms with Crippen LogP contribution in [0.25, 0.3) is 0 Å². The highest BCUT2D eigenvalue weighted by atomic mass is 19.2. The monoisotopic (exact) mass is 275 g/mol. The third kappa shape index (κ3) is 2.37. The van der Waals surface area contributed by atoms with Crippen LogP contribution >= 0.6 is 0 Å². The standard InChI is InChI=1S/C12H12F3NO3/c1-19-11-9(14)6(3-7(13)10(11)15)8-2-5(4-16-8)12(17)18/h3,5,8,16H,2,4H2,1H3,(H,17,18). The van der Waals surface area contributed by atoms with Gasteiger partial charge in [0.25, 0.3) is 0 Å². The van der Waals surface area contributed by atoms with E-state index in [0.717, 1.165) is 13.2 Å². The molecule has 2 atom stereocenters. The highest BCUT2D eigenvalue weighted by Gasteiger charge is 2.33. The van der Waals surface area contributed by atoms with E-state index >= 15 is 0 Å². The van der Waals surface area contributed by atoms with Gasteiger partial charge in [-0.1, -0.05) is 0 Å². The number of benzene rings is 1. The average Bonchev–Trinajstić information content (AvgIpc) is 2.84.